The molecule has 19 heavy (non-hydrogen) atoms. The molecule has 2 rings (SSSR count). The minimum Gasteiger partial charge on any atom is -0.494 e. The summed E-state index contributed by atoms with van der Waals surface area (Å²) in [5.74, 6) is 8.63. The lowest BCUT2D eigenvalue weighted by Gasteiger charge is -2.30. The van der Waals surface area contributed by atoms with E-state index in [4.69, 9.17) is 15.3 Å². The van der Waals surface area contributed by atoms with Crippen molar-refractivity contribution in [1.29, 1.82) is 0 Å². The van der Waals surface area contributed by atoms with Gasteiger partial charge in [0.05, 0.1) is 25.4 Å². The van der Waals surface area contributed by atoms with Crippen LogP contribution in [0.15, 0.2) is 24.3 Å². The molecule has 1 saturated heterocycles. The molecule has 1 aliphatic rings. The second kappa shape index (κ2) is 7.75. The van der Waals surface area contributed by atoms with Gasteiger partial charge in [-0.1, -0.05) is 19.1 Å². The van der Waals surface area contributed by atoms with Crippen LogP contribution in [0.3, 0.4) is 0 Å². The molecular weight excluding hydrogens is 260 g/mol. The van der Waals surface area contributed by atoms with E-state index in [1.807, 2.05) is 23.9 Å². The van der Waals surface area contributed by atoms with Crippen LogP contribution in [0.4, 0.5) is 0 Å². The highest BCUT2D eigenvalue weighted by Gasteiger charge is 2.25. The molecule has 1 aromatic carbocycles. The lowest BCUT2D eigenvalue weighted by Crippen LogP contribution is -2.41. The van der Waals surface area contributed by atoms with Gasteiger partial charge in [-0.05, 0) is 24.1 Å². The Morgan fingerprint density at radius 3 is 2.84 bits per heavy atom. The Labute approximate surface area is 119 Å². The second-order valence-electron chi connectivity index (χ2n) is 4.55. The Kier molecular flexibility index (Phi) is 5.97. The Morgan fingerprint density at radius 1 is 1.47 bits per heavy atom. The van der Waals surface area contributed by atoms with Crippen molar-refractivity contribution in [3.63, 3.8) is 0 Å². The Hall–Kier alpha value is -0.750. The SMILES string of the molecule is CCCOc1ccc(C(NN)C2CSCCO2)cc1. The van der Waals surface area contributed by atoms with Gasteiger partial charge in [0.2, 0.25) is 0 Å². The van der Waals surface area contributed by atoms with Gasteiger partial charge >= 0.3 is 0 Å². The first-order valence-electron chi connectivity index (χ1n) is 6.73. The monoisotopic (exact) mass is 282 g/mol. The van der Waals surface area contributed by atoms with Crippen LogP contribution in [0.2, 0.25) is 0 Å². The van der Waals surface area contributed by atoms with E-state index < -0.39 is 0 Å². The molecule has 0 amide bonds. The summed E-state index contributed by atoms with van der Waals surface area (Å²) in [5.41, 5.74) is 4.01. The summed E-state index contributed by atoms with van der Waals surface area (Å²) in [6, 6.07) is 8.13. The summed E-state index contributed by atoms with van der Waals surface area (Å²) in [5, 5.41) is 0. The molecule has 3 N–H and O–H groups in total. The van der Waals surface area contributed by atoms with E-state index in [1.54, 1.807) is 0 Å². The molecule has 4 nitrogen and oxygen atoms in total. The molecule has 1 heterocycles. The highest BCUT2D eigenvalue weighted by molar-refractivity contribution is 7.99. The maximum atomic E-state index is 5.79. The van der Waals surface area contributed by atoms with Gasteiger partial charge in [-0.25, -0.2) is 0 Å². The Bertz CT molecular complexity index is 366. The minimum absolute atomic E-state index is 0.0352. The fraction of sp³-hybridized carbons (Fsp3) is 0.571. The fourth-order valence-corrected chi connectivity index (χ4v) is 3.01. The normalized spacial score (nSPS) is 21.1. The van der Waals surface area contributed by atoms with Gasteiger partial charge in [0.25, 0.3) is 0 Å². The van der Waals surface area contributed by atoms with Gasteiger partial charge in [-0.2, -0.15) is 11.8 Å². The van der Waals surface area contributed by atoms with E-state index in [2.05, 4.69) is 24.5 Å². The van der Waals surface area contributed by atoms with Gasteiger partial charge in [-0.15, -0.1) is 0 Å². The number of nitrogens with one attached hydrogen (secondary N) is 1. The predicted molar refractivity (Wildman–Crippen MR) is 79.4 cm³/mol. The summed E-state index contributed by atoms with van der Waals surface area (Å²) < 4.78 is 11.4. The third-order valence-corrected chi connectivity index (χ3v) is 4.12. The van der Waals surface area contributed by atoms with Gasteiger partial charge in [0.15, 0.2) is 0 Å². The lowest BCUT2D eigenvalue weighted by molar-refractivity contribution is 0.0468. The molecule has 1 aliphatic heterocycles. The molecule has 2 atom stereocenters. The van der Waals surface area contributed by atoms with Crippen molar-refractivity contribution >= 4 is 11.8 Å². The molecule has 106 valence electrons. The molecule has 0 radical (unpaired) electrons. The van der Waals surface area contributed by atoms with E-state index in [-0.39, 0.29) is 12.1 Å². The molecular formula is C14H22N2O2S. The molecule has 1 aromatic rings. The average molecular weight is 282 g/mol. The third kappa shape index (κ3) is 4.11. The van der Waals surface area contributed by atoms with Gasteiger partial charge in [0.1, 0.15) is 5.75 Å². The van der Waals surface area contributed by atoms with E-state index in [0.717, 1.165) is 42.5 Å². The van der Waals surface area contributed by atoms with Crippen molar-refractivity contribution in [3.05, 3.63) is 29.8 Å². The first kappa shape index (κ1) is 14.7. The van der Waals surface area contributed by atoms with E-state index in [0.29, 0.717) is 0 Å². The van der Waals surface area contributed by atoms with Crippen molar-refractivity contribution < 1.29 is 9.47 Å². The standard InChI is InChI=1S/C14H22N2O2S/c1-2-7-17-12-5-3-11(4-6-12)14(16-15)13-10-19-9-8-18-13/h3-6,13-14,16H,2,7-10,15H2,1H3. The summed E-state index contributed by atoms with van der Waals surface area (Å²) in [6.45, 7) is 3.65. The minimum atomic E-state index is 0.0352. The number of nitrogens with two attached hydrogens (primary N) is 1. The summed E-state index contributed by atoms with van der Waals surface area (Å²) in [4.78, 5) is 0. The number of thioether (sulfide) groups is 1. The molecule has 0 spiro atoms. The molecule has 0 aliphatic carbocycles. The van der Waals surface area contributed by atoms with Crippen LogP contribution >= 0.6 is 11.8 Å². The van der Waals surface area contributed by atoms with Crippen molar-refractivity contribution in [1.82, 2.24) is 5.43 Å². The van der Waals surface area contributed by atoms with E-state index in [9.17, 15) is 0 Å². The quantitative estimate of drug-likeness (QED) is 0.618. The van der Waals surface area contributed by atoms with Crippen LogP contribution in [0, 0.1) is 0 Å². The summed E-state index contributed by atoms with van der Waals surface area (Å²) in [6.07, 6.45) is 1.15. The number of hydrogen-bond donors (Lipinski definition) is 2. The van der Waals surface area contributed by atoms with Crippen molar-refractivity contribution in [3.8, 4) is 5.75 Å². The van der Waals surface area contributed by atoms with Gasteiger partial charge in [0, 0.05) is 11.5 Å². The first-order valence-corrected chi connectivity index (χ1v) is 7.89. The van der Waals surface area contributed by atoms with Gasteiger partial charge in [-0.3, -0.25) is 11.3 Å². The third-order valence-electron chi connectivity index (χ3n) is 3.11. The highest BCUT2D eigenvalue weighted by Crippen LogP contribution is 2.26. The summed E-state index contributed by atoms with van der Waals surface area (Å²) >= 11 is 1.91. The fourth-order valence-electron chi connectivity index (χ4n) is 2.11. The van der Waals surface area contributed by atoms with Crippen LogP contribution in [-0.4, -0.2) is 30.8 Å². The highest BCUT2D eigenvalue weighted by atomic mass is 32.2. The molecule has 2 unspecified atom stereocenters. The molecule has 0 saturated carbocycles. The summed E-state index contributed by atoms with van der Waals surface area (Å²) in [7, 11) is 0. The average Bonchev–Trinajstić information content (AvgIpc) is 2.48. The van der Waals surface area contributed by atoms with Crippen LogP contribution in [-0.2, 0) is 4.74 Å². The lowest BCUT2D eigenvalue weighted by atomic mass is 10.0. The van der Waals surface area contributed by atoms with E-state index in [1.165, 1.54) is 0 Å². The molecule has 0 aromatic heterocycles. The number of hydrogen-bond acceptors (Lipinski definition) is 5. The second-order valence-corrected chi connectivity index (χ2v) is 5.70. The van der Waals surface area contributed by atoms with Crippen LogP contribution in [0.1, 0.15) is 24.9 Å². The maximum Gasteiger partial charge on any atom is 0.119 e. The zero-order chi connectivity index (χ0) is 13.5. The maximum absolute atomic E-state index is 5.79. The van der Waals surface area contributed by atoms with Crippen LogP contribution < -0.4 is 16.0 Å². The zero-order valence-electron chi connectivity index (χ0n) is 11.3. The van der Waals surface area contributed by atoms with Crippen molar-refractivity contribution in [2.75, 3.05) is 24.7 Å². The molecule has 5 heteroatoms. The van der Waals surface area contributed by atoms with Crippen molar-refractivity contribution in [2.45, 2.75) is 25.5 Å². The van der Waals surface area contributed by atoms with Crippen LogP contribution in [0.25, 0.3) is 0 Å². The van der Waals surface area contributed by atoms with Crippen LogP contribution in [0.5, 0.6) is 5.75 Å². The van der Waals surface area contributed by atoms with Gasteiger partial charge < -0.3 is 9.47 Å². The topological polar surface area (TPSA) is 56.5 Å². The number of rotatable bonds is 6. The smallest absolute Gasteiger partial charge is 0.119 e. The molecule has 0 bridgehead atoms. The van der Waals surface area contributed by atoms with E-state index >= 15 is 0 Å². The first-order chi connectivity index (χ1) is 9.35. The zero-order valence-corrected chi connectivity index (χ0v) is 12.1. The number of ether oxygens (including phenoxy) is 2. The molecule has 1 fully saturated rings. The predicted octanol–water partition coefficient (Wildman–Crippen LogP) is 2.11. The largest absolute Gasteiger partial charge is 0.494 e. The van der Waals surface area contributed by atoms with Crippen molar-refractivity contribution in [2.24, 2.45) is 5.84 Å². The number of hydrazine groups is 1. The Morgan fingerprint density at radius 2 is 2.26 bits per heavy atom. The Balaban J connectivity index is 2.01. The number of benzene rings is 1.